The molecule has 2 saturated heterocycles. The van der Waals surface area contributed by atoms with Gasteiger partial charge in [-0.3, -0.25) is 15.1 Å². The SMILES string of the molecule is CN1C(=N)N[C@](C)(c2cc(-c3cncnc3)cs2)[C@H](C2CCN(C(=O)OCc3ccccc3)CC2)C1=O. The molecule has 0 spiro atoms. The minimum absolute atomic E-state index is 0.0457. The summed E-state index contributed by atoms with van der Waals surface area (Å²) in [4.78, 5) is 38.6. The van der Waals surface area contributed by atoms with Gasteiger partial charge in [0.05, 0.1) is 11.5 Å². The molecule has 2 amide bonds. The van der Waals surface area contributed by atoms with Gasteiger partial charge in [-0.25, -0.2) is 14.8 Å². The van der Waals surface area contributed by atoms with E-state index in [1.165, 1.54) is 11.2 Å². The van der Waals surface area contributed by atoms with Crippen LogP contribution in [0.3, 0.4) is 0 Å². The molecule has 2 atom stereocenters. The minimum Gasteiger partial charge on any atom is -0.445 e. The smallest absolute Gasteiger partial charge is 0.410 e. The van der Waals surface area contributed by atoms with E-state index in [0.29, 0.717) is 25.9 Å². The van der Waals surface area contributed by atoms with Crippen molar-refractivity contribution < 1.29 is 14.3 Å². The number of amides is 2. The predicted molar refractivity (Wildman–Crippen MR) is 141 cm³/mol. The number of likely N-dealkylation sites (tertiary alicyclic amines) is 1. The molecule has 2 N–H and O–H groups in total. The second kappa shape index (κ2) is 10.3. The summed E-state index contributed by atoms with van der Waals surface area (Å²) in [7, 11) is 1.64. The first-order valence-corrected chi connectivity index (χ1v) is 13.2. The highest BCUT2D eigenvalue weighted by Crippen LogP contribution is 2.45. The lowest BCUT2D eigenvalue weighted by Crippen LogP contribution is -2.65. The number of nitrogens with one attached hydrogen (secondary N) is 2. The largest absolute Gasteiger partial charge is 0.445 e. The van der Waals surface area contributed by atoms with Crippen molar-refractivity contribution in [3.8, 4) is 11.1 Å². The third-order valence-electron chi connectivity index (χ3n) is 7.41. The molecule has 0 bridgehead atoms. The first-order valence-electron chi connectivity index (χ1n) is 12.3. The fourth-order valence-electron chi connectivity index (χ4n) is 5.30. The van der Waals surface area contributed by atoms with E-state index in [9.17, 15) is 9.59 Å². The summed E-state index contributed by atoms with van der Waals surface area (Å²) in [5.41, 5.74) is 2.08. The maximum absolute atomic E-state index is 13.6. The third-order valence-corrected chi connectivity index (χ3v) is 8.58. The predicted octanol–water partition coefficient (Wildman–Crippen LogP) is 4.08. The molecule has 1 aromatic carbocycles. The van der Waals surface area contributed by atoms with E-state index in [4.69, 9.17) is 10.1 Å². The lowest BCUT2D eigenvalue weighted by atomic mass is 9.70. The van der Waals surface area contributed by atoms with Crippen molar-refractivity contribution in [2.75, 3.05) is 20.1 Å². The van der Waals surface area contributed by atoms with Crippen molar-refractivity contribution in [3.63, 3.8) is 0 Å². The van der Waals surface area contributed by atoms with Crippen LogP contribution < -0.4 is 5.32 Å². The van der Waals surface area contributed by atoms with E-state index < -0.39 is 5.54 Å². The highest BCUT2D eigenvalue weighted by atomic mass is 32.1. The van der Waals surface area contributed by atoms with Crippen LogP contribution in [0.15, 0.2) is 60.5 Å². The van der Waals surface area contributed by atoms with Crippen LogP contribution in [-0.2, 0) is 21.7 Å². The summed E-state index contributed by atoms with van der Waals surface area (Å²) in [6.45, 7) is 3.30. The first kappa shape index (κ1) is 24.9. The van der Waals surface area contributed by atoms with E-state index in [1.54, 1.807) is 35.7 Å². The summed E-state index contributed by atoms with van der Waals surface area (Å²) in [6.07, 6.45) is 6.06. The number of rotatable bonds is 5. The lowest BCUT2D eigenvalue weighted by molar-refractivity contribution is -0.139. The number of benzene rings is 1. The van der Waals surface area contributed by atoms with Crippen LogP contribution in [0.1, 0.15) is 30.2 Å². The summed E-state index contributed by atoms with van der Waals surface area (Å²) < 4.78 is 5.52. The molecular weight excluding hydrogens is 488 g/mol. The summed E-state index contributed by atoms with van der Waals surface area (Å²) in [5.74, 6) is -0.324. The van der Waals surface area contributed by atoms with Gasteiger partial charge in [0.15, 0.2) is 5.96 Å². The van der Waals surface area contributed by atoms with Crippen molar-refractivity contribution >= 4 is 29.3 Å². The van der Waals surface area contributed by atoms with Crippen molar-refractivity contribution in [1.29, 1.82) is 5.41 Å². The van der Waals surface area contributed by atoms with E-state index in [-0.39, 0.29) is 36.4 Å². The monoisotopic (exact) mass is 518 g/mol. The highest BCUT2D eigenvalue weighted by Gasteiger charge is 2.52. The Bertz CT molecular complexity index is 1280. The average Bonchev–Trinajstić information content (AvgIpc) is 3.43. The highest BCUT2D eigenvalue weighted by molar-refractivity contribution is 7.10. The van der Waals surface area contributed by atoms with Gasteiger partial charge in [0, 0.05) is 43.0 Å². The Labute approximate surface area is 220 Å². The number of guanidine groups is 1. The molecule has 0 aliphatic carbocycles. The average molecular weight is 519 g/mol. The Hall–Kier alpha value is -3.79. The standard InChI is InChI=1S/C27H30N6O3S/c1-27(22-12-20(16-37-22)21-13-29-17-30-14-21)23(24(34)32(2)25(28)31-27)19-8-10-33(11-9-19)26(35)36-15-18-6-4-3-5-7-18/h3-7,12-14,16-17,19,23H,8-11,15H2,1-2H3,(H2,28,31)/t23-,27-/m1/s1. The number of aromatic nitrogens is 2. The number of carbonyl (C=O) groups excluding carboxylic acids is 2. The molecule has 2 aliphatic rings. The molecule has 2 fully saturated rings. The van der Waals surface area contributed by atoms with E-state index in [2.05, 4.69) is 21.4 Å². The fraction of sp³-hybridized carbons (Fsp3) is 0.370. The number of hydrogen-bond donors (Lipinski definition) is 2. The molecule has 192 valence electrons. The molecule has 4 heterocycles. The second-order valence-electron chi connectivity index (χ2n) is 9.74. The van der Waals surface area contributed by atoms with Crippen molar-refractivity contribution in [2.24, 2.45) is 11.8 Å². The summed E-state index contributed by atoms with van der Waals surface area (Å²) >= 11 is 1.56. The Kier molecular flexibility index (Phi) is 6.92. The molecule has 5 rings (SSSR count). The Morgan fingerprint density at radius 3 is 2.59 bits per heavy atom. The van der Waals surface area contributed by atoms with Gasteiger partial charge < -0.3 is 15.0 Å². The van der Waals surface area contributed by atoms with Crippen molar-refractivity contribution in [1.82, 2.24) is 25.1 Å². The molecule has 0 unspecified atom stereocenters. The van der Waals surface area contributed by atoms with Crippen LogP contribution in [0.25, 0.3) is 11.1 Å². The van der Waals surface area contributed by atoms with Crippen LogP contribution in [-0.4, -0.2) is 57.9 Å². The zero-order chi connectivity index (χ0) is 26.0. The second-order valence-corrected chi connectivity index (χ2v) is 10.7. The van der Waals surface area contributed by atoms with E-state index >= 15 is 0 Å². The molecule has 9 nitrogen and oxygen atoms in total. The van der Waals surface area contributed by atoms with Crippen LogP contribution in [0, 0.1) is 17.2 Å². The van der Waals surface area contributed by atoms with Crippen LogP contribution in [0.5, 0.6) is 0 Å². The van der Waals surface area contributed by atoms with Gasteiger partial charge in [-0.1, -0.05) is 30.3 Å². The van der Waals surface area contributed by atoms with Crippen LogP contribution >= 0.6 is 11.3 Å². The number of carbonyl (C=O) groups is 2. The fourth-order valence-corrected chi connectivity index (χ4v) is 6.37. The van der Waals surface area contributed by atoms with E-state index in [1.807, 2.05) is 42.6 Å². The Morgan fingerprint density at radius 1 is 1.19 bits per heavy atom. The van der Waals surface area contributed by atoms with Gasteiger partial charge in [0.2, 0.25) is 5.91 Å². The van der Waals surface area contributed by atoms with E-state index in [0.717, 1.165) is 21.6 Å². The maximum atomic E-state index is 13.6. The molecular formula is C27H30N6O3S. The van der Waals surface area contributed by atoms with Gasteiger partial charge >= 0.3 is 6.09 Å². The first-order chi connectivity index (χ1) is 17.9. The number of nitrogens with zero attached hydrogens (tertiary/aromatic N) is 4. The van der Waals surface area contributed by atoms with Gasteiger partial charge in [0.1, 0.15) is 12.9 Å². The zero-order valence-electron chi connectivity index (χ0n) is 20.9. The minimum atomic E-state index is -0.750. The summed E-state index contributed by atoms with van der Waals surface area (Å²) in [5, 5.41) is 13.8. The number of thiophene rings is 1. The van der Waals surface area contributed by atoms with Crippen molar-refractivity contribution in [3.05, 3.63) is 70.9 Å². The molecule has 0 radical (unpaired) electrons. The third kappa shape index (κ3) is 4.93. The van der Waals surface area contributed by atoms with Crippen molar-refractivity contribution in [2.45, 2.75) is 31.9 Å². The number of ether oxygens (including phenoxy) is 1. The topological polar surface area (TPSA) is 112 Å². The molecule has 37 heavy (non-hydrogen) atoms. The lowest BCUT2D eigenvalue weighted by Gasteiger charge is -2.49. The molecule has 2 aromatic heterocycles. The number of hydrogen-bond acceptors (Lipinski definition) is 7. The number of piperidine rings is 1. The zero-order valence-corrected chi connectivity index (χ0v) is 21.7. The van der Waals surface area contributed by atoms with Crippen LogP contribution in [0.2, 0.25) is 0 Å². The summed E-state index contributed by atoms with van der Waals surface area (Å²) in [6, 6.07) is 11.7. The van der Waals surface area contributed by atoms with Gasteiger partial charge in [0.25, 0.3) is 0 Å². The quantitative estimate of drug-likeness (QED) is 0.527. The normalized spacial score (nSPS) is 22.6. The van der Waals surface area contributed by atoms with Gasteiger partial charge in [-0.2, -0.15) is 0 Å². The van der Waals surface area contributed by atoms with Gasteiger partial charge in [-0.15, -0.1) is 11.3 Å². The van der Waals surface area contributed by atoms with Crippen LogP contribution in [0.4, 0.5) is 4.79 Å². The van der Waals surface area contributed by atoms with Gasteiger partial charge in [-0.05, 0) is 48.3 Å². The maximum Gasteiger partial charge on any atom is 0.410 e. The molecule has 2 aliphatic heterocycles. The Morgan fingerprint density at radius 2 is 1.89 bits per heavy atom. The molecule has 3 aromatic rings. The molecule has 0 saturated carbocycles. The molecule has 10 heteroatoms. The Balaban J connectivity index is 1.32.